The van der Waals surface area contributed by atoms with Crippen molar-refractivity contribution < 1.29 is 28.5 Å². The maximum Gasteiger partial charge on any atom is 0.410 e. The summed E-state index contributed by atoms with van der Waals surface area (Å²) in [6.45, 7) is 22.0. The quantitative estimate of drug-likeness (QED) is 0.0468. The summed E-state index contributed by atoms with van der Waals surface area (Å²) in [6, 6.07) is 13.9. The van der Waals surface area contributed by atoms with E-state index in [0.717, 1.165) is 83.6 Å². The van der Waals surface area contributed by atoms with E-state index < -0.39 is 21.7 Å². The SMILES string of the molecule is COc1ccc(-c2ccc(-c3cnn4c(N(COCC[Si](C)(C)C)COCC[Si](C)(C)C)cc(C5CC6CCC(C5)N6C(=O)OC(C)(C)C)nc34)cn2)cc1C=O. The number of carbonyl (C=O) groups excluding carboxylic acids is 2. The van der Waals surface area contributed by atoms with Crippen LogP contribution >= 0.6 is 0 Å². The molecule has 2 saturated heterocycles. The van der Waals surface area contributed by atoms with Crippen molar-refractivity contribution in [3.8, 4) is 28.1 Å². The van der Waals surface area contributed by atoms with Gasteiger partial charge in [0.25, 0.3) is 0 Å². The van der Waals surface area contributed by atoms with E-state index >= 15 is 0 Å². The molecule has 0 radical (unpaired) electrons. The first-order valence-electron chi connectivity index (χ1n) is 20.3. The van der Waals surface area contributed by atoms with Crippen LogP contribution in [0, 0.1) is 0 Å². The van der Waals surface area contributed by atoms with Crippen molar-refractivity contribution in [1.82, 2.24) is 24.5 Å². The Bertz CT molecular complexity index is 1980. The number of pyridine rings is 1. The molecule has 1 amide bonds. The summed E-state index contributed by atoms with van der Waals surface area (Å²) >= 11 is 0. The van der Waals surface area contributed by atoms with Crippen LogP contribution in [0.25, 0.3) is 28.0 Å². The van der Waals surface area contributed by atoms with Crippen LogP contribution in [-0.2, 0) is 14.2 Å². The maximum atomic E-state index is 13.4. The van der Waals surface area contributed by atoms with Gasteiger partial charge >= 0.3 is 6.09 Å². The van der Waals surface area contributed by atoms with Crippen LogP contribution in [-0.4, -0.2) is 104 Å². The number of hydrogen-bond donors (Lipinski definition) is 0. The lowest BCUT2D eigenvalue weighted by Gasteiger charge is -2.39. The van der Waals surface area contributed by atoms with Gasteiger partial charge in [-0.2, -0.15) is 9.61 Å². The van der Waals surface area contributed by atoms with E-state index in [1.807, 2.05) is 60.8 Å². The molecule has 2 aliphatic rings. The van der Waals surface area contributed by atoms with E-state index in [9.17, 15) is 9.59 Å². The van der Waals surface area contributed by atoms with Crippen molar-refractivity contribution in [3.05, 3.63) is 60.0 Å². The normalized spacial score (nSPS) is 18.6. The monoisotopic (exact) mass is 814 g/mol. The van der Waals surface area contributed by atoms with E-state index in [1.165, 1.54) is 0 Å². The Kier molecular flexibility index (Phi) is 13.0. The molecule has 0 saturated carbocycles. The zero-order valence-corrected chi connectivity index (χ0v) is 37.6. The van der Waals surface area contributed by atoms with Gasteiger partial charge in [0.05, 0.1) is 24.6 Å². The molecule has 14 heteroatoms. The lowest BCUT2D eigenvalue weighted by atomic mass is 9.88. The van der Waals surface area contributed by atoms with Gasteiger partial charge in [-0.3, -0.25) is 9.78 Å². The Hall–Kier alpha value is -4.12. The van der Waals surface area contributed by atoms with Crippen molar-refractivity contribution in [2.75, 3.05) is 38.7 Å². The van der Waals surface area contributed by atoms with Crippen molar-refractivity contribution in [2.24, 2.45) is 0 Å². The molecule has 0 spiro atoms. The van der Waals surface area contributed by atoms with Crippen LogP contribution < -0.4 is 9.64 Å². The molecule has 2 aliphatic heterocycles. The van der Waals surface area contributed by atoms with Crippen molar-refractivity contribution in [3.63, 3.8) is 0 Å². The largest absolute Gasteiger partial charge is 0.496 e. The molecule has 3 aromatic heterocycles. The summed E-state index contributed by atoms with van der Waals surface area (Å²) in [5, 5.41) is 4.94. The number of hydrogen-bond acceptors (Lipinski definition) is 10. The average Bonchev–Trinajstić information content (AvgIpc) is 3.69. The molecule has 2 bridgehead atoms. The van der Waals surface area contributed by atoms with Gasteiger partial charge in [-0.25, -0.2) is 9.78 Å². The number of fused-ring (bicyclic) bond motifs is 3. The number of carbonyl (C=O) groups is 2. The highest BCUT2D eigenvalue weighted by Gasteiger charge is 2.45. The van der Waals surface area contributed by atoms with E-state index in [-0.39, 0.29) is 24.1 Å². The third-order valence-electron chi connectivity index (χ3n) is 10.8. The fourth-order valence-corrected chi connectivity index (χ4v) is 9.13. The predicted octanol–water partition coefficient (Wildman–Crippen LogP) is 9.36. The second kappa shape index (κ2) is 17.4. The molecule has 57 heavy (non-hydrogen) atoms. The molecule has 12 nitrogen and oxygen atoms in total. The van der Waals surface area contributed by atoms with Crippen LogP contribution in [0.2, 0.25) is 51.4 Å². The zero-order chi connectivity index (χ0) is 41.1. The van der Waals surface area contributed by atoms with E-state index in [0.29, 0.717) is 38.0 Å². The Balaban J connectivity index is 1.37. The average molecular weight is 815 g/mol. The number of ether oxygens (including phenoxy) is 4. The summed E-state index contributed by atoms with van der Waals surface area (Å²) in [6.07, 6.45) is 7.79. The number of amides is 1. The topological polar surface area (TPSA) is 121 Å². The molecule has 1 aromatic carbocycles. The first kappa shape index (κ1) is 42.5. The first-order chi connectivity index (χ1) is 26.9. The molecule has 5 heterocycles. The van der Waals surface area contributed by atoms with Gasteiger partial charge in [0.2, 0.25) is 0 Å². The van der Waals surface area contributed by atoms with E-state index in [1.54, 1.807) is 19.2 Å². The maximum absolute atomic E-state index is 13.4. The molecule has 0 aliphatic carbocycles. The summed E-state index contributed by atoms with van der Waals surface area (Å²) in [4.78, 5) is 39.4. The fourth-order valence-electron chi connectivity index (χ4n) is 7.62. The van der Waals surface area contributed by atoms with Gasteiger partial charge < -0.3 is 28.7 Å². The Morgan fingerprint density at radius 2 is 1.53 bits per heavy atom. The number of aldehydes is 1. The van der Waals surface area contributed by atoms with Gasteiger partial charge in [0.1, 0.15) is 30.6 Å². The number of rotatable bonds is 16. The third kappa shape index (κ3) is 10.7. The van der Waals surface area contributed by atoms with Gasteiger partial charge in [-0.15, -0.1) is 0 Å². The van der Waals surface area contributed by atoms with Crippen LogP contribution in [0.15, 0.2) is 48.8 Å². The van der Waals surface area contributed by atoms with Gasteiger partial charge in [0, 0.05) is 82.0 Å². The lowest BCUT2D eigenvalue weighted by Crippen LogP contribution is -2.48. The summed E-state index contributed by atoms with van der Waals surface area (Å²) < 4.78 is 25.9. The fraction of sp³-hybridized carbons (Fsp3) is 0.558. The summed E-state index contributed by atoms with van der Waals surface area (Å²) in [7, 11) is -1.05. The van der Waals surface area contributed by atoms with Gasteiger partial charge in [0.15, 0.2) is 11.9 Å². The van der Waals surface area contributed by atoms with Crippen LogP contribution in [0.1, 0.15) is 68.4 Å². The number of piperidine rings is 1. The molecular formula is C43H62N6O6Si2. The molecular weight excluding hydrogens is 753 g/mol. The Morgan fingerprint density at radius 1 is 0.895 bits per heavy atom. The van der Waals surface area contributed by atoms with Crippen molar-refractivity contribution in [1.29, 1.82) is 0 Å². The molecule has 2 fully saturated rings. The highest BCUT2D eigenvalue weighted by atomic mass is 28.3. The first-order valence-corrected chi connectivity index (χ1v) is 27.7. The number of methoxy groups -OCH3 is 1. The minimum Gasteiger partial charge on any atom is -0.496 e. The Morgan fingerprint density at radius 3 is 2.07 bits per heavy atom. The van der Waals surface area contributed by atoms with Crippen molar-refractivity contribution >= 4 is 40.0 Å². The molecule has 308 valence electrons. The summed E-state index contributed by atoms with van der Waals surface area (Å²) in [5.74, 6) is 1.51. The molecule has 0 N–H and O–H groups in total. The number of nitrogens with zero attached hydrogens (tertiary/aromatic N) is 6. The predicted molar refractivity (Wildman–Crippen MR) is 231 cm³/mol. The van der Waals surface area contributed by atoms with E-state index in [4.69, 9.17) is 34.0 Å². The minimum atomic E-state index is -1.30. The smallest absolute Gasteiger partial charge is 0.410 e. The van der Waals surface area contributed by atoms with E-state index in [2.05, 4.69) is 50.2 Å². The second-order valence-corrected chi connectivity index (χ2v) is 30.3. The molecule has 6 rings (SSSR count). The zero-order valence-electron chi connectivity index (χ0n) is 35.6. The Labute approximate surface area is 340 Å². The standard InChI is InChI=1S/C43H62N6O6Si2/c1-43(2,3)55-42(51)48-34-13-14-35(48)23-32(22-34)38-24-40(47(28-53-17-19-56(5,6)7)29-54-18-20-57(8,9)10)49-41(46-38)36(26-45-49)31-11-15-37(44-25-31)30-12-16-39(52-4)33(21-30)27-50/h11-12,15-16,21,24-27,32,34-35H,13-14,17-20,22-23,28-29H2,1-10H3. The summed E-state index contributed by atoms with van der Waals surface area (Å²) in [5.41, 5.74) is 4.89. The second-order valence-electron chi connectivity index (χ2n) is 19.0. The molecule has 2 unspecified atom stereocenters. The number of anilines is 1. The third-order valence-corrected chi connectivity index (χ3v) is 14.2. The highest BCUT2D eigenvalue weighted by molar-refractivity contribution is 6.76. The van der Waals surface area contributed by atoms with Gasteiger partial charge in [-0.05, 0) is 82.8 Å². The van der Waals surface area contributed by atoms with Crippen LogP contribution in [0.5, 0.6) is 5.75 Å². The molecule has 2 atom stereocenters. The minimum absolute atomic E-state index is 0.0924. The highest BCUT2D eigenvalue weighted by Crippen LogP contribution is 2.44. The number of benzene rings is 1. The lowest BCUT2D eigenvalue weighted by molar-refractivity contribution is 0.00568. The number of aromatic nitrogens is 4. The van der Waals surface area contributed by atoms with Crippen molar-refractivity contribution in [2.45, 2.75) is 121 Å². The van der Waals surface area contributed by atoms with Gasteiger partial charge in [-0.1, -0.05) is 45.3 Å². The molecule has 4 aromatic rings. The van der Waals surface area contributed by atoms with Crippen LogP contribution in [0.3, 0.4) is 0 Å². The van der Waals surface area contributed by atoms with Crippen LogP contribution in [0.4, 0.5) is 10.6 Å².